The first kappa shape index (κ1) is 13.0. The van der Waals surface area contributed by atoms with Crippen LogP contribution in [0, 0.1) is 0 Å². The molecule has 0 N–H and O–H groups in total. The van der Waals surface area contributed by atoms with Gasteiger partial charge in [0.25, 0.3) is 0 Å². The number of ether oxygens (including phenoxy) is 1. The molecule has 1 rings (SSSR count). The van der Waals surface area contributed by atoms with Crippen molar-refractivity contribution in [2.45, 2.75) is 32.4 Å². The second-order valence-corrected chi connectivity index (χ2v) is 5.11. The van der Waals surface area contributed by atoms with Gasteiger partial charge in [-0.3, -0.25) is 4.90 Å². The van der Waals surface area contributed by atoms with Gasteiger partial charge in [0.1, 0.15) is 11.9 Å². The summed E-state index contributed by atoms with van der Waals surface area (Å²) < 4.78 is 5.26. The largest absolute Gasteiger partial charge is 0.444 e. The minimum absolute atomic E-state index is 0.221. The summed E-state index contributed by atoms with van der Waals surface area (Å²) in [5, 5.41) is 0. The predicted molar refractivity (Wildman–Crippen MR) is 60.3 cm³/mol. The number of piperazine rings is 1. The van der Waals surface area contributed by atoms with Gasteiger partial charge in [0.05, 0.1) is 6.04 Å². The molecule has 1 aliphatic rings. The number of nitrogens with zero attached hydrogens (tertiary/aromatic N) is 2. The van der Waals surface area contributed by atoms with Crippen LogP contribution >= 0.6 is 0 Å². The highest BCUT2D eigenvalue weighted by atomic mass is 16.6. The van der Waals surface area contributed by atoms with Crippen molar-refractivity contribution < 1.29 is 14.3 Å². The normalized spacial score (nSPS) is 23.0. The lowest BCUT2D eigenvalue weighted by molar-refractivity contribution is -0.113. The van der Waals surface area contributed by atoms with Gasteiger partial charge in [-0.1, -0.05) is 0 Å². The van der Waals surface area contributed by atoms with E-state index in [2.05, 4.69) is 0 Å². The molecule has 1 saturated heterocycles. The molecule has 1 amide bonds. The molecule has 1 fully saturated rings. The molecule has 1 aliphatic heterocycles. The Balaban J connectivity index is 2.55. The first-order chi connectivity index (χ1) is 7.33. The molecular formula is C11H20N2O3. The standard InChI is InChI=1S/C11H20N2O3/c1-11(2,3)16-10(15)13-6-5-12(4)9(7-13)8-14/h8-9H,5-7H2,1-4H3/t9-/m0/s1. The monoisotopic (exact) mass is 228 g/mol. The van der Waals surface area contributed by atoms with Crippen LogP contribution in [0.4, 0.5) is 4.79 Å². The fraction of sp³-hybridized carbons (Fsp3) is 0.818. The van der Waals surface area contributed by atoms with Crippen LogP contribution in [0.3, 0.4) is 0 Å². The van der Waals surface area contributed by atoms with Gasteiger partial charge in [-0.15, -0.1) is 0 Å². The zero-order chi connectivity index (χ0) is 12.3. The summed E-state index contributed by atoms with van der Waals surface area (Å²) in [6.45, 7) is 7.21. The molecule has 0 bridgehead atoms. The summed E-state index contributed by atoms with van der Waals surface area (Å²) in [5.41, 5.74) is -0.489. The Morgan fingerprint density at radius 2 is 2.00 bits per heavy atom. The number of carbonyl (C=O) groups is 2. The van der Waals surface area contributed by atoms with Gasteiger partial charge in [0.2, 0.25) is 0 Å². The van der Waals surface area contributed by atoms with Gasteiger partial charge in [0.15, 0.2) is 0 Å². The summed E-state index contributed by atoms with van der Waals surface area (Å²) in [4.78, 5) is 26.1. The fourth-order valence-corrected chi connectivity index (χ4v) is 1.54. The molecule has 0 spiro atoms. The lowest BCUT2D eigenvalue weighted by atomic mass is 10.2. The summed E-state index contributed by atoms with van der Waals surface area (Å²) >= 11 is 0. The Hall–Kier alpha value is -1.10. The van der Waals surface area contributed by atoms with Crippen molar-refractivity contribution in [3.05, 3.63) is 0 Å². The second kappa shape index (κ2) is 4.82. The SMILES string of the molecule is CN1CCN(C(=O)OC(C)(C)C)C[C@H]1C=O. The van der Waals surface area contributed by atoms with E-state index in [1.165, 1.54) is 0 Å². The highest BCUT2D eigenvalue weighted by Crippen LogP contribution is 2.13. The topological polar surface area (TPSA) is 49.9 Å². The van der Waals surface area contributed by atoms with E-state index in [0.717, 1.165) is 6.29 Å². The maximum atomic E-state index is 11.8. The molecule has 5 heteroatoms. The average Bonchev–Trinajstić information content (AvgIpc) is 2.15. The number of aldehydes is 1. The van der Waals surface area contributed by atoms with Crippen LogP contribution in [0.15, 0.2) is 0 Å². The zero-order valence-corrected chi connectivity index (χ0v) is 10.4. The Morgan fingerprint density at radius 1 is 1.38 bits per heavy atom. The first-order valence-electron chi connectivity index (χ1n) is 5.47. The van der Waals surface area contributed by atoms with E-state index in [9.17, 15) is 9.59 Å². The van der Waals surface area contributed by atoms with E-state index >= 15 is 0 Å². The van der Waals surface area contributed by atoms with Crippen molar-refractivity contribution in [3.8, 4) is 0 Å². The van der Waals surface area contributed by atoms with Crippen LogP contribution in [0.2, 0.25) is 0 Å². The molecule has 1 atom stereocenters. The Morgan fingerprint density at radius 3 is 2.50 bits per heavy atom. The third kappa shape index (κ3) is 3.48. The molecule has 1 heterocycles. The van der Waals surface area contributed by atoms with Crippen molar-refractivity contribution in [2.24, 2.45) is 0 Å². The Bertz CT molecular complexity index is 273. The molecular weight excluding hydrogens is 208 g/mol. The Kier molecular flexibility index (Phi) is 3.91. The zero-order valence-electron chi connectivity index (χ0n) is 10.4. The molecule has 0 aromatic rings. The lowest BCUT2D eigenvalue weighted by Crippen LogP contribution is -2.54. The van der Waals surface area contributed by atoms with E-state index in [1.807, 2.05) is 32.7 Å². The molecule has 0 aromatic heterocycles. The van der Waals surface area contributed by atoms with Crippen molar-refractivity contribution >= 4 is 12.4 Å². The van der Waals surface area contributed by atoms with E-state index in [4.69, 9.17) is 4.74 Å². The van der Waals surface area contributed by atoms with Crippen LogP contribution in [0.25, 0.3) is 0 Å². The third-order valence-corrected chi connectivity index (χ3v) is 2.51. The van der Waals surface area contributed by atoms with Crippen LogP contribution in [-0.4, -0.2) is 60.5 Å². The first-order valence-corrected chi connectivity index (χ1v) is 5.47. The van der Waals surface area contributed by atoms with Gasteiger partial charge in [0, 0.05) is 19.6 Å². The molecule has 0 aromatic carbocycles. The van der Waals surface area contributed by atoms with Crippen molar-refractivity contribution in [3.63, 3.8) is 0 Å². The van der Waals surface area contributed by atoms with Gasteiger partial charge >= 0.3 is 6.09 Å². The lowest BCUT2D eigenvalue weighted by Gasteiger charge is -2.37. The number of hydrogen-bond acceptors (Lipinski definition) is 4. The maximum absolute atomic E-state index is 11.8. The molecule has 16 heavy (non-hydrogen) atoms. The number of rotatable bonds is 1. The average molecular weight is 228 g/mol. The summed E-state index contributed by atoms with van der Waals surface area (Å²) in [6.07, 6.45) is 0.531. The number of amides is 1. The number of carbonyl (C=O) groups excluding carboxylic acids is 2. The fourth-order valence-electron chi connectivity index (χ4n) is 1.54. The van der Waals surface area contributed by atoms with E-state index in [1.54, 1.807) is 4.90 Å². The van der Waals surface area contributed by atoms with Crippen molar-refractivity contribution in [1.29, 1.82) is 0 Å². The Labute approximate surface area is 96.3 Å². The smallest absolute Gasteiger partial charge is 0.410 e. The maximum Gasteiger partial charge on any atom is 0.410 e. The summed E-state index contributed by atoms with van der Waals surface area (Å²) in [6, 6.07) is -0.221. The van der Waals surface area contributed by atoms with E-state index in [0.29, 0.717) is 19.6 Å². The minimum atomic E-state index is -0.489. The van der Waals surface area contributed by atoms with Crippen molar-refractivity contribution in [2.75, 3.05) is 26.7 Å². The quantitative estimate of drug-likeness (QED) is 0.621. The highest BCUT2D eigenvalue weighted by molar-refractivity contribution is 5.70. The summed E-state index contributed by atoms with van der Waals surface area (Å²) in [7, 11) is 1.88. The molecule has 0 aliphatic carbocycles. The number of likely N-dealkylation sites (N-methyl/N-ethyl adjacent to an activating group) is 1. The van der Waals surface area contributed by atoms with Gasteiger partial charge in [-0.25, -0.2) is 4.79 Å². The third-order valence-electron chi connectivity index (χ3n) is 2.51. The van der Waals surface area contributed by atoms with Gasteiger partial charge in [-0.2, -0.15) is 0 Å². The highest BCUT2D eigenvalue weighted by Gasteiger charge is 2.29. The van der Waals surface area contributed by atoms with Crippen LogP contribution in [0.5, 0.6) is 0 Å². The molecule has 0 saturated carbocycles. The van der Waals surface area contributed by atoms with Crippen LogP contribution in [0.1, 0.15) is 20.8 Å². The number of hydrogen-bond donors (Lipinski definition) is 0. The van der Waals surface area contributed by atoms with Crippen molar-refractivity contribution in [1.82, 2.24) is 9.80 Å². The molecule has 92 valence electrons. The molecule has 0 unspecified atom stereocenters. The second-order valence-electron chi connectivity index (χ2n) is 5.11. The van der Waals surface area contributed by atoms with E-state index < -0.39 is 5.60 Å². The minimum Gasteiger partial charge on any atom is -0.444 e. The summed E-state index contributed by atoms with van der Waals surface area (Å²) in [5.74, 6) is 0. The van der Waals surface area contributed by atoms with E-state index in [-0.39, 0.29) is 12.1 Å². The van der Waals surface area contributed by atoms with Crippen LogP contribution in [-0.2, 0) is 9.53 Å². The predicted octanol–water partition coefficient (Wildman–Crippen LogP) is 0.736. The molecule has 0 radical (unpaired) electrons. The van der Waals surface area contributed by atoms with Gasteiger partial charge < -0.3 is 14.4 Å². The molecule has 5 nitrogen and oxygen atoms in total. The van der Waals surface area contributed by atoms with Crippen LogP contribution < -0.4 is 0 Å². The van der Waals surface area contributed by atoms with Gasteiger partial charge in [-0.05, 0) is 27.8 Å².